The Balaban J connectivity index is 2.37. The molecule has 0 fully saturated rings. The van der Waals surface area contributed by atoms with Crippen LogP contribution in [0.15, 0.2) is 35.3 Å². The Kier molecular flexibility index (Phi) is 10.7. The largest absolute Gasteiger partial charge is 0.445 e. The molecular weight excluding hydrogens is 358 g/mol. The average Bonchev–Trinajstić information content (AvgIpc) is 2.64. The van der Waals surface area contributed by atoms with Crippen molar-refractivity contribution in [2.75, 3.05) is 26.7 Å². The van der Waals surface area contributed by atoms with E-state index in [9.17, 15) is 9.59 Å². The van der Waals surface area contributed by atoms with E-state index < -0.39 is 11.7 Å². The number of hydrogen-bond acceptors (Lipinski definition) is 5. The van der Waals surface area contributed by atoms with Crippen LogP contribution in [-0.4, -0.2) is 55.6 Å². The summed E-state index contributed by atoms with van der Waals surface area (Å²) in [5.41, 5.74) is 0.442. The first-order valence-corrected chi connectivity index (χ1v) is 9.65. The predicted molar refractivity (Wildman–Crippen MR) is 111 cm³/mol. The Labute approximate surface area is 168 Å². The average molecular weight is 392 g/mol. The van der Waals surface area contributed by atoms with Crippen LogP contribution in [0.3, 0.4) is 0 Å². The monoisotopic (exact) mass is 391 g/mol. The zero-order valence-electron chi connectivity index (χ0n) is 17.4. The normalized spacial score (nSPS) is 11.3. The van der Waals surface area contributed by atoms with Gasteiger partial charge < -0.3 is 24.7 Å². The van der Waals surface area contributed by atoms with Crippen molar-refractivity contribution in [3.63, 3.8) is 0 Å². The molecule has 0 spiro atoms. The highest BCUT2D eigenvalue weighted by Gasteiger charge is 2.16. The Morgan fingerprint density at radius 1 is 1.14 bits per heavy atom. The maximum Gasteiger partial charge on any atom is 0.410 e. The zero-order valence-corrected chi connectivity index (χ0v) is 17.4. The van der Waals surface area contributed by atoms with Gasteiger partial charge in [-0.15, -0.1) is 0 Å². The summed E-state index contributed by atoms with van der Waals surface area (Å²) in [6, 6.07) is 9.59. The van der Waals surface area contributed by atoms with Crippen molar-refractivity contribution < 1.29 is 19.1 Å². The van der Waals surface area contributed by atoms with Gasteiger partial charge in [0.15, 0.2) is 0 Å². The number of carbonyl (C=O) groups is 2. The number of rotatable bonds is 10. The van der Waals surface area contributed by atoms with E-state index in [-0.39, 0.29) is 12.7 Å². The number of amides is 2. The van der Waals surface area contributed by atoms with Gasteiger partial charge in [-0.3, -0.25) is 0 Å². The Morgan fingerprint density at radius 3 is 2.50 bits per heavy atom. The van der Waals surface area contributed by atoms with E-state index in [4.69, 9.17) is 9.47 Å². The smallest absolute Gasteiger partial charge is 0.410 e. The van der Waals surface area contributed by atoms with E-state index in [0.717, 1.165) is 18.4 Å². The lowest BCUT2D eigenvalue weighted by molar-refractivity contribution is 0.0525. The van der Waals surface area contributed by atoms with Crippen molar-refractivity contribution in [2.45, 2.75) is 52.2 Å². The van der Waals surface area contributed by atoms with Crippen molar-refractivity contribution in [1.29, 1.82) is 0 Å². The fourth-order valence-corrected chi connectivity index (χ4v) is 2.38. The number of ether oxygens (including phenoxy) is 2. The molecule has 0 unspecified atom stereocenters. The van der Waals surface area contributed by atoms with Crippen LogP contribution in [0.2, 0.25) is 0 Å². The van der Waals surface area contributed by atoms with Gasteiger partial charge in [-0.1, -0.05) is 30.3 Å². The number of nitrogens with one attached hydrogen (secondary N) is 1. The number of hydrogen-bond donors (Lipinski definition) is 1. The quantitative estimate of drug-likeness (QED) is 0.482. The molecule has 0 aliphatic heterocycles. The van der Waals surface area contributed by atoms with E-state index in [1.165, 1.54) is 0 Å². The number of alkyl carbamates (subject to hydrolysis) is 1. The molecule has 1 rings (SSSR count). The second kappa shape index (κ2) is 12.8. The Bertz CT molecular complexity index is 612. The molecule has 0 aliphatic carbocycles. The fourth-order valence-electron chi connectivity index (χ4n) is 2.38. The van der Waals surface area contributed by atoms with Crippen LogP contribution in [0.5, 0.6) is 0 Å². The van der Waals surface area contributed by atoms with Crippen LogP contribution >= 0.6 is 0 Å². The number of carbonyl (C=O) groups excluding carboxylic acids is 2. The SMILES string of the molecule is CN=CCCN(CCCCNC(=O)OC(C)(C)C)C(=O)OCc1ccccc1. The highest BCUT2D eigenvalue weighted by Crippen LogP contribution is 2.07. The lowest BCUT2D eigenvalue weighted by atomic mass is 10.2. The van der Waals surface area contributed by atoms with Crippen LogP contribution in [0.4, 0.5) is 9.59 Å². The lowest BCUT2D eigenvalue weighted by Gasteiger charge is -2.22. The third-order valence-electron chi connectivity index (χ3n) is 3.70. The second-order valence-corrected chi connectivity index (χ2v) is 7.39. The standard InChI is InChI=1S/C21H33N3O4/c1-21(2,3)28-19(25)23-14-8-9-15-24(16-10-13-22-4)20(26)27-17-18-11-6-5-7-12-18/h5-7,11-13H,8-10,14-17H2,1-4H3,(H,23,25). The molecule has 0 atom stereocenters. The molecule has 0 radical (unpaired) electrons. The maximum absolute atomic E-state index is 12.4. The molecule has 7 heteroatoms. The first-order chi connectivity index (χ1) is 13.3. The van der Waals surface area contributed by atoms with Gasteiger partial charge >= 0.3 is 12.2 Å². The fraction of sp³-hybridized carbons (Fsp3) is 0.571. The van der Waals surface area contributed by atoms with Gasteiger partial charge in [-0.25, -0.2) is 9.59 Å². The Morgan fingerprint density at radius 2 is 1.86 bits per heavy atom. The van der Waals surface area contributed by atoms with Gasteiger partial charge in [0.2, 0.25) is 0 Å². The van der Waals surface area contributed by atoms with Gasteiger partial charge in [0.05, 0.1) is 0 Å². The van der Waals surface area contributed by atoms with Crippen molar-refractivity contribution in [2.24, 2.45) is 4.99 Å². The molecule has 1 aromatic rings. The molecular formula is C21H33N3O4. The van der Waals surface area contributed by atoms with Gasteiger partial charge in [0.1, 0.15) is 12.2 Å². The number of benzene rings is 1. The second-order valence-electron chi connectivity index (χ2n) is 7.39. The van der Waals surface area contributed by atoms with Crippen LogP contribution in [0.25, 0.3) is 0 Å². The molecule has 0 aromatic heterocycles. The first kappa shape index (κ1) is 23.5. The summed E-state index contributed by atoms with van der Waals surface area (Å²) in [5.74, 6) is 0. The molecule has 0 saturated heterocycles. The van der Waals surface area contributed by atoms with Gasteiger partial charge in [0.25, 0.3) is 0 Å². The van der Waals surface area contributed by atoms with E-state index in [0.29, 0.717) is 26.1 Å². The highest BCUT2D eigenvalue weighted by molar-refractivity contribution is 5.68. The molecule has 0 saturated carbocycles. The summed E-state index contributed by atoms with van der Waals surface area (Å²) >= 11 is 0. The van der Waals surface area contributed by atoms with Crippen LogP contribution in [-0.2, 0) is 16.1 Å². The molecule has 2 amide bonds. The minimum Gasteiger partial charge on any atom is -0.445 e. The molecule has 0 heterocycles. The minimum atomic E-state index is -0.510. The molecule has 28 heavy (non-hydrogen) atoms. The molecule has 0 bridgehead atoms. The summed E-state index contributed by atoms with van der Waals surface area (Å²) in [6.07, 6.45) is 3.18. The minimum absolute atomic E-state index is 0.248. The van der Waals surface area contributed by atoms with Gasteiger partial charge in [0, 0.05) is 39.3 Å². The predicted octanol–water partition coefficient (Wildman–Crippen LogP) is 4.02. The molecule has 156 valence electrons. The summed E-state index contributed by atoms with van der Waals surface area (Å²) < 4.78 is 10.6. The van der Waals surface area contributed by atoms with Crippen LogP contribution in [0, 0.1) is 0 Å². The molecule has 0 aliphatic rings. The van der Waals surface area contributed by atoms with Gasteiger partial charge in [-0.2, -0.15) is 0 Å². The maximum atomic E-state index is 12.4. The summed E-state index contributed by atoms with van der Waals surface area (Å²) in [7, 11) is 1.71. The van der Waals surface area contributed by atoms with Crippen molar-refractivity contribution in [3.05, 3.63) is 35.9 Å². The topological polar surface area (TPSA) is 80.2 Å². The molecule has 1 aromatic carbocycles. The van der Waals surface area contributed by atoms with E-state index in [2.05, 4.69) is 10.3 Å². The third-order valence-corrected chi connectivity index (χ3v) is 3.70. The third kappa shape index (κ3) is 11.2. The van der Waals surface area contributed by atoms with Gasteiger partial charge in [-0.05, 0) is 39.2 Å². The highest BCUT2D eigenvalue weighted by atomic mass is 16.6. The van der Waals surface area contributed by atoms with Crippen molar-refractivity contribution in [3.8, 4) is 0 Å². The zero-order chi connectivity index (χ0) is 20.8. The van der Waals surface area contributed by atoms with Crippen LogP contribution in [0.1, 0.15) is 45.6 Å². The van der Waals surface area contributed by atoms with Crippen LogP contribution < -0.4 is 5.32 Å². The summed E-state index contributed by atoms with van der Waals surface area (Å²) in [4.78, 5) is 29.7. The molecule has 7 nitrogen and oxygen atoms in total. The molecule has 1 N–H and O–H groups in total. The van der Waals surface area contributed by atoms with E-state index in [1.54, 1.807) is 18.2 Å². The van der Waals surface area contributed by atoms with Crippen molar-refractivity contribution >= 4 is 18.4 Å². The first-order valence-electron chi connectivity index (χ1n) is 9.65. The number of aliphatic imine (C=N–C) groups is 1. The summed E-state index contributed by atoms with van der Waals surface area (Å²) in [5, 5.41) is 2.72. The Hall–Kier alpha value is -2.57. The van der Waals surface area contributed by atoms with E-state index >= 15 is 0 Å². The number of unbranched alkanes of at least 4 members (excludes halogenated alkanes) is 1. The lowest BCUT2D eigenvalue weighted by Crippen LogP contribution is -2.35. The van der Waals surface area contributed by atoms with E-state index in [1.807, 2.05) is 51.1 Å². The summed E-state index contributed by atoms with van der Waals surface area (Å²) in [6.45, 7) is 7.32. The number of nitrogens with zero attached hydrogens (tertiary/aromatic N) is 2. The van der Waals surface area contributed by atoms with Crippen molar-refractivity contribution in [1.82, 2.24) is 10.2 Å².